The van der Waals surface area contributed by atoms with Crippen molar-refractivity contribution in [2.24, 2.45) is 5.92 Å². The van der Waals surface area contributed by atoms with Crippen molar-refractivity contribution in [3.8, 4) is 5.75 Å². The van der Waals surface area contributed by atoms with E-state index in [4.69, 9.17) is 4.74 Å². The van der Waals surface area contributed by atoms with Gasteiger partial charge in [0.1, 0.15) is 5.75 Å². The van der Waals surface area contributed by atoms with E-state index in [-0.39, 0.29) is 16.8 Å². The van der Waals surface area contributed by atoms with Crippen LogP contribution < -0.4 is 14.4 Å². The number of anilines is 1. The predicted octanol–water partition coefficient (Wildman–Crippen LogP) is 4.40. The van der Waals surface area contributed by atoms with Crippen molar-refractivity contribution in [2.45, 2.75) is 23.8 Å². The number of benzene rings is 3. The summed E-state index contributed by atoms with van der Waals surface area (Å²) in [6.45, 7) is 0. The Bertz CT molecular complexity index is 1190. The van der Waals surface area contributed by atoms with Gasteiger partial charge in [0.15, 0.2) is 0 Å². The van der Waals surface area contributed by atoms with Crippen molar-refractivity contribution in [1.29, 1.82) is 0 Å². The Labute approximate surface area is 188 Å². The highest BCUT2D eigenvalue weighted by molar-refractivity contribution is 7.92. The Morgan fingerprint density at radius 1 is 0.969 bits per heavy atom. The largest absolute Gasteiger partial charge is 0.495 e. The molecule has 1 N–H and O–H groups in total. The molecule has 0 heterocycles. The van der Waals surface area contributed by atoms with E-state index in [1.165, 1.54) is 30.6 Å². The van der Waals surface area contributed by atoms with Crippen molar-refractivity contribution in [3.63, 3.8) is 0 Å². The summed E-state index contributed by atoms with van der Waals surface area (Å²) in [5.74, 6) is 0.685. The molecule has 1 saturated carbocycles. The fourth-order valence-corrected chi connectivity index (χ4v) is 4.95. The maximum absolute atomic E-state index is 13.1. The van der Waals surface area contributed by atoms with Crippen LogP contribution in [0.2, 0.25) is 0 Å². The van der Waals surface area contributed by atoms with E-state index in [0.717, 1.165) is 18.4 Å². The van der Waals surface area contributed by atoms with E-state index >= 15 is 0 Å². The smallest absolute Gasteiger partial charge is 0.264 e. The molecule has 3 aromatic carbocycles. The molecule has 1 aliphatic carbocycles. The first-order valence-corrected chi connectivity index (χ1v) is 11.9. The van der Waals surface area contributed by atoms with Crippen LogP contribution in [0, 0.1) is 5.92 Å². The lowest BCUT2D eigenvalue weighted by Crippen LogP contribution is -2.30. The second-order valence-electron chi connectivity index (χ2n) is 7.87. The molecule has 1 atom stereocenters. The number of para-hydroxylation sites is 2. The molecule has 0 aliphatic heterocycles. The standard InChI is InChI=1S/C25H26N2O4S/c1-27(22-10-6-7-11-23(22)31-2)32(29,30)21-16-14-20(15-17-21)25(28)26-24(19-12-13-19)18-8-4-3-5-9-18/h3-11,14-17,19,24H,12-13H2,1-2H3,(H,26,28). The number of hydrogen-bond donors (Lipinski definition) is 1. The number of carbonyl (C=O) groups is 1. The molecule has 32 heavy (non-hydrogen) atoms. The van der Waals surface area contributed by atoms with Gasteiger partial charge in [-0.25, -0.2) is 8.42 Å². The van der Waals surface area contributed by atoms with Crippen LogP contribution in [-0.4, -0.2) is 28.5 Å². The van der Waals surface area contributed by atoms with Gasteiger partial charge in [-0.05, 0) is 60.7 Å². The first-order chi connectivity index (χ1) is 15.4. The minimum Gasteiger partial charge on any atom is -0.495 e. The van der Waals surface area contributed by atoms with E-state index in [0.29, 0.717) is 22.9 Å². The van der Waals surface area contributed by atoms with Gasteiger partial charge in [-0.3, -0.25) is 9.10 Å². The van der Waals surface area contributed by atoms with Crippen molar-refractivity contribution in [3.05, 3.63) is 90.0 Å². The Balaban J connectivity index is 1.52. The summed E-state index contributed by atoms with van der Waals surface area (Å²) in [4.78, 5) is 13.0. The minimum atomic E-state index is -3.81. The van der Waals surface area contributed by atoms with Gasteiger partial charge in [0.2, 0.25) is 0 Å². The summed E-state index contributed by atoms with van der Waals surface area (Å²) in [7, 11) is -0.838. The topological polar surface area (TPSA) is 75.7 Å². The van der Waals surface area contributed by atoms with Crippen LogP contribution in [0.1, 0.15) is 34.8 Å². The zero-order chi connectivity index (χ0) is 22.7. The van der Waals surface area contributed by atoms with Gasteiger partial charge < -0.3 is 10.1 Å². The zero-order valence-electron chi connectivity index (χ0n) is 18.1. The molecule has 4 rings (SSSR count). The fraction of sp³-hybridized carbons (Fsp3) is 0.240. The molecule has 1 fully saturated rings. The van der Waals surface area contributed by atoms with Gasteiger partial charge in [-0.15, -0.1) is 0 Å². The third kappa shape index (κ3) is 4.48. The van der Waals surface area contributed by atoms with Crippen LogP contribution in [0.15, 0.2) is 83.8 Å². The third-order valence-corrected chi connectivity index (χ3v) is 7.52. The highest BCUT2D eigenvalue weighted by Gasteiger charge is 2.33. The Morgan fingerprint density at radius 3 is 2.22 bits per heavy atom. The summed E-state index contributed by atoms with van der Waals surface area (Å²) in [5.41, 5.74) is 1.94. The number of hydrogen-bond acceptors (Lipinski definition) is 4. The maximum Gasteiger partial charge on any atom is 0.264 e. The SMILES string of the molecule is COc1ccccc1N(C)S(=O)(=O)c1ccc(C(=O)NC(c2ccccc2)C2CC2)cc1. The first-order valence-electron chi connectivity index (χ1n) is 10.5. The van der Waals surface area contributed by atoms with Crippen LogP contribution >= 0.6 is 0 Å². The minimum absolute atomic E-state index is 0.0382. The van der Waals surface area contributed by atoms with Crippen LogP contribution in [0.4, 0.5) is 5.69 Å². The summed E-state index contributed by atoms with van der Waals surface area (Å²) < 4.78 is 32.7. The number of nitrogens with zero attached hydrogens (tertiary/aromatic N) is 1. The fourth-order valence-electron chi connectivity index (χ4n) is 3.74. The Morgan fingerprint density at radius 2 is 1.59 bits per heavy atom. The maximum atomic E-state index is 13.1. The lowest BCUT2D eigenvalue weighted by molar-refractivity contribution is 0.0931. The molecule has 7 heteroatoms. The first kappa shape index (κ1) is 21.9. The molecule has 0 saturated heterocycles. The number of nitrogens with one attached hydrogen (secondary N) is 1. The highest BCUT2D eigenvalue weighted by Crippen LogP contribution is 2.41. The van der Waals surface area contributed by atoms with E-state index in [2.05, 4.69) is 5.32 Å². The summed E-state index contributed by atoms with van der Waals surface area (Å²) in [5, 5.41) is 3.12. The van der Waals surface area contributed by atoms with E-state index in [9.17, 15) is 13.2 Å². The van der Waals surface area contributed by atoms with Crippen molar-refractivity contribution < 1.29 is 17.9 Å². The third-order valence-electron chi connectivity index (χ3n) is 5.74. The second-order valence-corrected chi connectivity index (χ2v) is 9.84. The summed E-state index contributed by atoms with van der Waals surface area (Å²) in [6.07, 6.45) is 2.18. The van der Waals surface area contributed by atoms with Gasteiger partial charge in [0.25, 0.3) is 15.9 Å². The monoisotopic (exact) mass is 450 g/mol. The van der Waals surface area contributed by atoms with Crippen LogP contribution in [-0.2, 0) is 10.0 Å². The van der Waals surface area contributed by atoms with Crippen molar-refractivity contribution in [1.82, 2.24) is 5.32 Å². The number of amides is 1. The van der Waals surface area contributed by atoms with Gasteiger partial charge in [0, 0.05) is 12.6 Å². The predicted molar refractivity (Wildman–Crippen MR) is 124 cm³/mol. The molecule has 0 radical (unpaired) electrons. The second kappa shape index (κ2) is 9.04. The van der Waals surface area contributed by atoms with Crippen LogP contribution in [0.25, 0.3) is 0 Å². The molecule has 0 bridgehead atoms. The number of sulfonamides is 1. The molecule has 0 spiro atoms. The van der Waals surface area contributed by atoms with Crippen LogP contribution in [0.5, 0.6) is 5.75 Å². The lowest BCUT2D eigenvalue weighted by Gasteiger charge is -2.22. The van der Waals surface area contributed by atoms with E-state index in [1.54, 1.807) is 36.4 Å². The van der Waals surface area contributed by atoms with Gasteiger partial charge >= 0.3 is 0 Å². The Kier molecular flexibility index (Phi) is 6.19. The average Bonchev–Trinajstić information content (AvgIpc) is 3.67. The molecule has 0 aromatic heterocycles. The van der Waals surface area contributed by atoms with E-state index < -0.39 is 10.0 Å². The molecular formula is C25H26N2O4S. The normalized spacial score (nSPS) is 14.4. The van der Waals surface area contributed by atoms with Gasteiger partial charge in [-0.1, -0.05) is 42.5 Å². The number of ether oxygens (including phenoxy) is 1. The highest BCUT2D eigenvalue weighted by atomic mass is 32.2. The van der Waals surface area contributed by atoms with Gasteiger partial charge in [0.05, 0.1) is 23.7 Å². The number of carbonyl (C=O) groups excluding carboxylic acids is 1. The Hall–Kier alpha value is -3.32. The lowest BCUT2D eigenvalue weighted by atomic mass is 10.0. The zero-order valence-corrected chi connectivity index (χ0v) is 18.9. The summed E-state index contributed by atoms with van der Waals surface area (Å²) >= 11 is 0. The molecule has 1 aliphatic rings. The van der Waals surface area contributed by atoms with Crippen molar-refractivity contribution >= 4 is 21.6 Å². The van der Waals surface area contributed by atoms with Crippen LogP contribution in [0.3, 0.4) is 0 Å². The molecule has 1 unspecified atom stereocenters. The van der Waals surface area contributed by atoms with Gasteiger partial charge in [-0.2, -0.15) is 0 Å². The molecule has 3 aromatic rings. The molecular weight excluding hydrogens is 424 g/mol. The van der Waals surface area contributed by atoms with E-state index in [1.807, 2.05) is 30.3 Å². The summed E-state index contributed by atoms with van der Waals surface area (Å²) in [6, 6.07) is 22.8. The number of rotatable bonds is 8. The molecule has 6 nitrogen and oxygen atoms in total. The number of methoxy groups -OCH3 is 1. The van der Waals surface area contributed by atoms with Crippen molar-refractivity contribution in [2.75, 3.05) is 18.5 Å². The molecule has 1 amide bonds. The quantitative estimate of drug-likeness (QED) is 0.552. The average molecular weight is 451 g/mol. The molecule has 166 valence electrons.